The smallest absolute Gasteiger partial charge is 0.257 e. The van der Waals surface area contributed by atoms with Gasteiger partial charge in [0.1, 0.15) is 5.52 Å². The molecule has 0 aliphatic carbocycles. The van der Waals surface area contributed by atoms with E-state index in [-0.39, 0.29) is 18.2 Å². The van der Waals surface area contributed by atoms with Crippen LogP contribution in [0.4, 0.5) is 0 Å². The summed E-state index contributed by atoms with van der Waals surface area (Å²) in [6, 6.07) is 5.18. The molecule has 6 heteroatoms. The first kappa shape index (κ1) is 12.8. The Morgan fingerprint density at radius 3 is 3.22 bits per heavy atom. The van der Waals surface area contributed by atoms with Crippen LogP contribution in [-0.2, 0) is 4.79 Å². The number of carbonyl (C=O) groups excluding carboxylic acids is 1. The fraction of sp³-hybridized carbons (Fsp3) is 0.167. The summed E-state index contributed by atoms with van der Waals surface area (Å²) in [5.41, 5.74) is 1.32. The Morgan fingerprint density at radius 2 is 2.44 bits per heavy atom. The number of rotatable bonds is 4. The molecule has 2 rings (SSSR count). The summed E-state index contributed by atoms with van der Waals surface area (Å²) < 4.78 is 5.45. The average Bonchev–Trinajstić information content (AvgIpc) is 2.75. The van der Waals surface area contributed by atoms with Crippen molar-refractivity contribution in [1.29, 1.82) is 0 Å². The van der Waals surface area contributed by atoms with Gasteiger partial charge in [0.25, 0.3) is 5.22 Å². The summed E-state index contributed by atoms with van der Waals surface area (Å²) in [5.74, 6) is 2.39. The third kappa shape index (κ3) is 3.19. The van der Waals surface area contributed by atoms with E-state index in [2.05, 4.69) is 16.2 Å². The molecule has 0 aliphatic heterocycles. The minimum Gasteiger partial charge on any atom is -0.431 e. The summed E-state index contributed by atoms with van der Waals surface area (Å²) in [7, 11) is 0. The summed E-state index contributed by atoms with van der Waals surface area (Å²) in [4.78, 5) is 15.5. The number of terminal acetylenes is 1. The van der Waals surface area contributed by atoms with Crippen molar-refractivity contribution in [1.82, 2.24) is 10.3 Å². The molecule has 0 spiro atoms. The zero-order chi connectivity index (χ0) is 13.0. The number of hydrogen-bond donors (Lipinski definition) is 1. The molecule has 2 aromatic rings. The van der Waals surface area contributed by atoms with Gasteiger partial charge in [-0.3, -0.25) is 4.79 Å². The zero-order valence-electron chi connectivity index (χ0n) is 9.27. The van der Waals surface area contributed by atoms with Gasteiger partial charge in [-0.25, -0.2) is 4.98 Å². The second-order valence-electron chi connectivity index (χ2n) is 3.36. The monoisotopic (exact) mass is 280 g/mol. The maximum Gasteiger partial charge on any atom is 0.257 e. The molecule has 0 fully saturated rings. The SMILES string of the molecule is C#CCNC(=O)CSc1nc2cc(Cl)ccc2o1. The molecular weight excluding hydrogens is 272 g/mol. The zero-order valence-corrected chi connectivity index (χ0v) is 10.8. The number of aromatic nitrogens is 1. The van der Waals surface area contributed by atoms with E-state index >= 15 is 0 Å². The second kappa shape index (κ2) is 5.80. The fourth-order valence-corrected chi connectivity index (χ4v) is 2.10. The molecule has 1 heterocycles. The van der Waals surface area contributed by atoms with Crippen LogP contribution in [0.2, 0.25) is 5.02 Å². The fourth-order valence-electron chi connectivity index (χ4n) is 1.27. The maximum absolute atomic E-state index is 11.3. The van der Waals surface area contributed by atoms with E-state index in [1.807, 2.05) is 0 Å². The van der Waals surface area contributed by atoms with Gasteiger partial charge in [0.15, 0.2) is 5.58 Å². The lowest BCUT2D eigenvalue weighted by Crippen LogP contribution is -2.25. The summed E-state index contributed by atoms with van der Waals surface area (Å²) in [6.45, 7) is 0.225. The predicted molar refractivity (Wildman–Crippen MR) is 71.6 cm³/mol. The molecule has 0 saturated carbocycles. The van der Waals surface area contributed by atoms with Gasteiger partial charge in [-0.1, -0.05) is 29.3 Å². The van der Waals surface area contributed by atoms with Crippen molar-refractivity contribution in [2.75, 3.05) is 12.3 Å². The van der Waals surface area contributed by atoms with Gasteiger partial charge in [0, 0.05) is 5.02 Å². The number of amides is 1. The molecule has 0 aliphatic rings. The van der Waals surface area contributed by atoms with E-state index in [0.29, 0.717) is 21.3 Å². The molecule has 92 valence electrons. The number of nitrogens with one attached hydrogen (secondary N) is 1. The van der Waals surface area contributed by atoms with Gasteiger partial charge in [-0.15, -0.1) is 6.42 Å². The van der Waals surface area contributed by atoms with E-state index in [0.717, 1.165) is 0 Å². The highest BCUT2D eigenvalue weighted by Gasteiger charge is 2.09. The van der Waals surface area contributed by atoms with Gasteiger partial charge in [-0.05, 0) is 18.2 Å². The standard InChI is InChI=1S/C12H9ClN2O2S/c1-2-5-14-11(16)7-18-12-15-9-6-8(13)3-4-10(9)17-12/h1,3-4,6H,5,7H2,(H,14,16). The molecule has 1 aromatic carbocycles. The summed E-state index contributed by atoms with van der Waals surface area (Å²) in [6.07, 6.45) is 5.03. The first-order chi connectivity index (χ1) is 8.69. The van der Waals surface area contributed by atoms with Crippen LogP contribution in [0.25, 0.3) is 11.1 Å². The number of nitrogens with zero attached hydrogens (tertiary/aromatic N) is 1. The number of carbonyl (C=O) groups is 1. The Morgan fingerprint density at radius 1 is 1.61 bits per heavy atom. The van der Waals surface area contributed by atoms with Crippen LogP contribution in [0.3, 0.4) is 0 Å². The number of oxazole rings is 1. The van der Waals surface area contributed by atoms with Crippen molar-refractivity contribution in [3.8, 4) is 12.3 Å². The van der Waals surface area contributed by atoms with E-state index in [9.17, 15) is 4.79 Å². The second-order valence-corrected chi connectivity index (χ2v) is 4.72. The first-order valence-corrected chi connectivity index (χ1v) is 6.44. The van der Waals surface area contributed by atoms with Gasteiger partial charge >= 0.3 is 0 Å². The van der Waals surface area contributed by atoms with Crippen LogP contribution in [0.1, 0.15) is 0 Å². The van der Waals surface area contributed by atoms with Crippen molar-refractivity contribution in [3.05, 3.63) is 23.2 Å². The van der Waals surface area contributed by atoms with Gasteiger partial charge in [0.2, 0.25) is 5.91 Å². The topological polar surface area (TPSA) is 55.1 Å². The highest BCUT2D eigenvalue weighted by Crippen LogP contribution is 2.25. The first-order valence-electron chi connectivity index (χ1n) is 5.08. The van der Waals surface area contributed by atoms with Gasteiger partial charge < -0.3 is 9.73 Å². The van der Waals surface area contributed by atoms with Crippen LogP contribution in [0.15, 0.2) is 27.8 Å². The molecule has 0 saturated heterocycles. The number of hydrogen-bond acceptors (Lipinski definition) is 4. The molecule has 4 nitrogen and oxygen atoms in total. The van der Waals surface area contributed by atoms with Crippen molar-refractivity contribution in [2.45, 2.75) is 5.22 Å². The molecule has 1 N–H and O–H groups in total. The molecule has 0 radical (unpaired) electrons. The van der Waals surface area contributed by atoms with E-state index in [1.165, 1.54) is 11.8 Å². The van der Waals surface area contributed by atoms with Crippen molar-refractivity contribution < 1.29 is 9.21 Å². The maximum atomic E-state index is 11.3. The third-order valence-corrected chi connectivity index (χ3v) is 3.11. The molecule has 0 atom stereocenters. The number of thioether (sulfide) groups is 1. The Balaban J connectivity index is 2.00. The number of halogens is 1. The van der Waals surface area contributed by atoms with E-state index in [1.54, 1.807) is 18.2 Å². The Kier molecular flexibility index (Phi) is 4.13. The molecule has 0 unspecified atom stereocenters. The van der Waals surface area contributed by atoms with Crippen molar-refractivity contribution in [2.24, 2.45) is 0 Å². The lowest BCUT2D eigenvalue weighted by Gasteiger charge is -1.97. The summed E-state index contributed by atoms with van der Waals surface area (Å²) >= 11 is 7.05. The predicted octanol–water partition coefficient (Wildman–Crippen LogP) is 2.32. The summed E-state index contributed by atoms with van der Waals surface area (Å²) in [5, 5.41) is 3.59. The molecule has 18 heavy (non-hydrogen) atoms. The molecule has 0 bridgehead atoms. The lowest BCUT2D eigenvalue weighted by molar-refractivity contribution is -0.118. The average molecular weight is 281 g/mol. The van der Waals surface area contributed by atoms with Gasteiger partial charge in [-0.2, -0.15) is 0 Å². The van der Waals surface area contributed by atoms with Crippen LogP contribution in [0, 0.1) is 12.3 Å². The Labute approximate surface area is 113 Å². The molecule has 1 aromatic heterocycles. The number of benzene rings is 1. The quantitative estimate of drug-likeness (QED) is 0.690. The molecular formula is C12H9ClN2O2S. The third-order valence-electron chi connectivity index (χ3n) is 2.04. The lowest BCUT2D eigenvalue weighted by atomic mass is 10.3. The van der Waals surface area contributed by atoms with Crippen LogP contribution in [0.5, 0.6) is 0 Å². The van der Waals surface area contributed by atoms with Crippen LogP contribution < -0.4 is 5.32 Å². The van der Waals surface area contributed by atoms with E-state index < -0.39 is 0 Å². The van der Waals surface area contributed by atoms with Crippen LogP contribution >= 0.6 is 23.4 Å². The Hall–Kier alpha value is -1.64. The molecule has 1 amide bonds. The van der Waals surface area contributed by atoms with Crippen LogP contribution in [-0.4, -0.2) is 23.2 Å². The number of fused-ring (bicyclic) bond motifs is 1. The minimum absolute atomic E-state index is 0.154. The highest BCUT2D eigenvalue weighted by molar-refractivity contribution is 7.99. The minimum atomic E-state index is -0.154. The normalized spacial score (nSPS) is 10.2. The van der Waals surface area contributed by atoms with Crippen molar-refractivity contribution >= 4 is 40.4 Å². The largest absolute Gasteiger partial charge is 0.431 e. The van der Waals surface area contributed by atoms with Crippen molar-refractivity contribution in [3.63, 3.8) is 0 Å². The highest BCUT2D eigenvalue weighted by atomic mass is 35.5. The van der Waals surface area contributed by atoms with Gasteiger partial charge in [0.05, 0.1) is 12.3 Å². The Bertz CT molecular complexity index is 618. The van der Waals surface area contributed by atoms with E-state index in [4.69, 9.17) is 22.4 Å².